The summed E-state index contributed by atoms with van der Waals surface area (Å²) < 4.78 is 5.52. The maximum atomic E-state index is 6.51. The molecule has 6 aliphatic rings. The van der Waals surface area contributed by atoms with Crippen LogP contribution in [0.2, 0.25) is 0 Å². The molecular weight excluding hydrogens is 384 g/mol. The molecule has 168 valence electrons. The molecule has 0 amide bonds. The highest BCUT2D eigenvalue weighted by Gasteiger charge is 2.54. The monoisotopic (exact) mass is 422 g/mol. The molecule has 0 radical (unpaired) electrons. The van der Waals surface area contributed by atoms with Crippen molar-refractivity contribution in [3.63, 3.8) is 0 Å². The lowest BCUT2D eigenvalue weighted by Gasteiger charge is -2.54. The average molecular weight is 423 g/mol. The molecule has 1 aliphatic heterocycles. The largest absolute Gasteiger partial charge is 0.496 e. The molecule has 31 heavy (non-hydrogen) atoms. The number of ether oxygens (including phenoxy) is 1. The Morgan fingerprint density at radius 1 is 1.03 bits per heavy atom. The summed E-state index contributed by atoms with van der Waals surface area (Å²) in [6.07, 6.45) is 12.7. The van der Waals surface area contributed by atoms with Gasteiger partial charge < -0.3 is 14.5 Å². The van der Waals surface area contributed by atoms with E-state index in [1.54, 1.807) is 7.11 Å². The van der Waals surface area contributed by atoms with Crippen LogP contribution in [0.1, 0.15) is 75.3 Å². The van der Waals surface area contributed by atoms with Crippen LogP contribution < -0.4 is 4.74 Å². The quantitative estimate of drug-likeness (QED) is 0.603. The van der Waals surface area contributed by atoms with Crippen LogP contribution in [-0.2, 0) is 10.3 Å². The van der Waals surface area contributed by atoms with Crippen LogP contribution in [0.5, 0.6) is 5.75 Å². The van der Waals surface area contributed by atoms with Crippen LogP contribution in [0.15, 0.2) is 23.4 Å². The van der Waals surface area contributed by atoms with Gasteiger partial charge in [0.05, 0.1) is 12.8 Å². The van der Waals surface area contributed by atoms with E-state index in [9.17, 15) is 0 Å². The highest BCUT2D eigenvalue weighted by molar-refractivity contribution is 5.86. The summed E-state index contributed by atoms with van der Waals surface area (Å²) in [5.41, 5.74) is 4.35. The van der Waals surface area contributed by atoms with Crippen molar-refractivity contribution in [3.05, 3.63) is 29.3 Å². The standard InChI is InChI=1S/C27H38N2O2/c1-18-10-22(4-5-24(18)30-3)27-7-6-23(14-25(27)29(2)9-8-27)28-31-26-15-19-11-20(16-26)13-21(12-19)17-26/h4-5,10,19-21,25H,6-9,11-17H2,1-3H3. The van der Waals surface area contributed by atoms with Crippen LogP contribution in [0, 0.1) is 24.7 Å². The number of likely N-dealkylation sites (N-methyl/N-ethyl adjacent to an activating group) is 1. The molecule has 7 rings (SSSR count). The summed E-state index contributed by atoms with van der Waals surface area (Å²) in [5.74, 6) is 3.71. The van der Waals surface area contributed by atoms with E-state index >= 15 is 0 Å². The number of oxime groups is 1. The first-order valence-corrected chi connectivity index (χ1v) is 12.6. The molecule has 4 heteroatoms. The van der Waals surface area contributed by atoms with E-state index < -0.39 is 0 Å². The van der Waals surface area contributed by atoms with Gasteiger partial charge in [0, 0.05) is 17.9 Å². The molecule has 0 N–H and O–H groups in total. The predicted molar refractivity (Wildman–Crippen MR) is 124 cm³/mol. The Kier molecular flexibility index (Phi) is 4.68. The van der Waals surface area contributed by atoms with E-state index in [1.165, 1.54) is 74.7 Å². The highest BCUT2D eigenvalue weighted by atomic mass is 16.6. The Morgan fingerprint density at radius 2 is 1.74 bits per heavy atom. The van der Waals surface area contributed by atoms with Crippen molar-refractivity contribution < 1.29 is 9.57 Å². The molecule has 0 aromatic heterocycles. The van der Waals surface area contributed by atoms with Crippen molar-refractivity contribution in [1.82, 2.24) is 4.90 Å². The number of hydrogen-bond donors (Lipinski definition) is 0. The Morgan fingerprint density at radius 3 is 2.39 bits per heavy atom. The number of methoxy groups -OCH3 is 1. The second kappa shape index (κ2) is 7.23. The zero-order chi connectivity index (χ0) is 21.2. The third kappa shape index (κ3) is 3.23. The van der Waals surface area contributed by atoms with E-state index in [0.717, 1.165) is 36.3 Å². The molecule has 2 unspecified atom stereocenters. The van der Waals surface area contributed by atoms with Gasteiger partial charge in [-0.05, 0) is 113 Å². The smallest absolute Gasteiger partial charge is 0.138 e. The molecule has 0 spiro atoms. The minimum Gasteiger partial charge on any atom is -0.496 e. The molecule has 1 heterocycles. The maximum Gasteiger partial charge on any atom is 0.138 e. The molecule has 4 bridgehead atoms. The van der Waals surface area contributed by atoms with Crippen molar-refractivity contribution in [1.29, 1.82) is 0 Å². The normalized spacial score (nSPS) is 42.7. The summed E-state index contributed by atoms with van der Waals surface area (Å²) in [7, 11) is 4.06. The number of aryl methyl sites for hydroxylation is 1. The van der Waals surface area contributed by atoms with Gasteiger partial charge in [0.1, 0.15) is 11.4 Å². The van der Waals surface area contributed by atoms with Gasteiger partial charge >= 0.3 is 0 Å². The minimum atomic E-state index is 0.0744. The first-order valence-electron chi connectivity index (χ1n) is 12.6. The van der Waals surface area contributed by atoms with Crippen LogP contribution in [0.4, 0.5) is 0 Å². The molecule has 1 aromatic carbocycles. The predicted octanol–water partition coefficient (Wildman–Crippen LogP) is 5.47. The Bertz CT molecular complexity index is 858. The first kappa shape index (κ1) is 20.1. The van der Waals surface area contributed by atoms with Gasteiger partial charge in [-0.3, -0.25) is 0 Å². The van der Waals surface area contributed by atoms with E-state index in [0.29, 0.717) is 6.04 Å². The molecule has 5 saturated carbocycles. The van der Waals surface area contributed by atoms with E-state index in [1.807, 2.05) is 0 Å². The lowest BCUT2D eigenvalue weighted by atomic mass is 9.54. The van der Waals surface area contributed by atoms with E-state index in [4.69, 9.17) is 14.7 Å². The van der Waals surface area contributed by atoms with Gasteiger partial charge in [0.25, 0.3) is 0 Å². The minimum absolute atomic E-state index is 0.0744. The van der Waals surface area contributed by atoms with Crippen LogP contribution in [0.3, 0.4) is 0 Å². The lowest BCUT2D eigenvalue weighted by molar-refractivity contribution is -0.162. The maximum absolute atomic E-state index is 6.51. The van der Waals surface area contributed by atoms with Crippen molar-refractivity contribution in [2.24, 2.45) is 22.9 Å². The van der Waals surface area contributed by atoms with E-state index in [-0.39, 0.29) is 11.0 Å². The third-order valence-corrected chi connectivity index (χ3v) is 9.69. The molecule has 1 saturated heterocycles. The summed E-state index contributed by atoms with van der Waals surface area (Å²) in [4.78, 5) is 9.07. The summed E-state index contributed by atoms with van der Waals surface area (Å²) in [6, 6.07) is 7.37. The van der Waals surface area contributed by atoms with Crippen molar-refractivity contribution >= 4 is 5.71 Å². The third-order valence-electron chi connectivity index (χ3n) is 9.69. The molecule has 5 aliphatic carbocycles. The van der Waals surface area contributed by atoms with E-state index in [2.05, 4.69) is 37.1 Å². The Labute approximate surface area is 187 Å². The Hall–Kier alpha value is -1.55. The zero-order valence-corrected chi connectivity index (χ0v) is 19.5. The van der Waals surface area contributed by atoms with Crippen LogP contribution in [0.25, 0.3) is 0 Å². The van der Waals surface area contributed by atoms with Crippen molar-refractivity contribution in [2.45, 2.75) is 88.2 Å². The van der Waals surface area contributed by atoms with Crippen LogP contribution >= 0.6 is 0 Å². The number of benzene rings is 1. The Balaban J connectivity index is 1.22. The lowest BCUT2D eigenvalue weighted by Crippen LogP contribution is -2.51. The summed E-state index contributed by atoms with van der Waals surface area (Å²) >= 11 is 0. The van der Waals surface area contributed by atoms with Gasteiger partial charge in [0.2, 0.25) is 0 Å². The van der Waals surface area contributed by atoms with Gasteiger partial charge in [-0.25, -0.2) is 0 Å². The van der Waals surface area contributed by atoms with Gasteiger partial charge in [0.15, 0.2) is 0 Å². The number of rotatable bonds is 4. The summed E-state index contributed by atoms with van der Waals surface area (Å²) in [6.45, 7) is 3.33. The second-order valence-electron chi connectivity index (χ2n) is 11.6. The topological polar surface area (TPSA) is 34.1 Å². The first-order chi connectivity index (χ1) is 15.0. The summed E-state index contributed by atoms with van der Waals surface area (Å²) in [5, 5.41) is 4.91. The number of likely N-dealkylation sites (tertiary alicyclic amines) is 1. The average Bonchev–Trinajstić information content (AvgIpc) is 3.08. The van der Waals surface area contributed by atoms with Crippen LogP contribution in [-0.4, -0.2) is 43.0 Å². The molecule has 1 aromatic rings. The fourth-order valence-corrected chi connectivity index (χ4v) is 8.51. The van der Waals surface area contributed by atoms with Crippen molar-refractivity contribution in [3.8, 4) is 5.75 Å². The fourth-order valence-electron chi connectivity index (χ4n) is 8.51. The second-order valence-corrected chi connectivity index (χ2v) is 11.6. The van der Waals surface area contributed by atoms with Crippen molar-refractivity contribution in [2.75, 3.05) is 20.7 Å². The number of hydrogen-bond acceptors (Lipinski definition) is 4. The van der Waals surface area contributed by atoms with Gasteiger partial charge in [-0.2, -0.15) is 0 Å². The zero-order valence-electron chi connectivity index (χ0n) is 19.5. The molecular formula is C27H38N2O2. The number of nitrogens with zero attached hydrogens (tertiary/aromatic N) is 2. The highest BCUT2D eigenvalue weighted by Crippen LogP contribution is 2.57. The molecule has 6 fully saturated rings. The van der Waals surface area contributed by atoms with Gasteiger partial charge in [-0.15, -0.1) is 0 Å². The fraction of sp³-hybridized carbons (Fsp3) is 0.741. The molecule has 2 atom stereocenters. The number of fused-ring (bicyclic) bond motifs is 1. The SMILES string of the molecule is COc1ccc(C23CCC(=NOC45CC6CC(CC(C6)C4)C5)CC2N(C)CC3)cc1C. The van der Waals surface area contributed by atoms with Gasteiger partial charge in [-0.1, -0.05) is 17.3 Å². The molecule has 4 nitrogen and oxygen atoms in total.